The Hall–Kier alpha value is -0.820. The third-order valence-corrected chi connectivity index (χ3v) is 5.55. The summed E-state index contributed by atoms with van der Waals surface area (Å²) in [4.78, 5) is 13.2. The highest BCUT2D eigenvalue weighted by atomic mass is 35.5. The zero-order valence-electron chi connectivity index (χ0n) is 10.6. The molecule has 8 heteroatoms. The first-order chi connectivity index (χ1) is 9.45. The van der Waals surface area contributed by atoms with Gasteiger partial charge in [0.1, 0.15) is 5.88 Å². The van der Waals surface area contributed by atoms with Gasteiger partial charge in [0.15, 0.2) is 0 Å². The maximum absolute atomic E-state index is 12.4. The lowest BCUT2D eigenvalue weighted by molar-refractivity contribution is -0.129. The monoisotopic (exact) mass is 336 g/mol. The molecule has 110 valence electrons. The van der Waals surface area contributed by atoms with Gasteiger partial charge in [-0.2, -0.15) is 4.31 Å². The van der Waals surface area contributed by atoms with Crippen LogP contribution in [0.1, 0.15) is 0 Å². The summed E-state index contributed by atoms with van der Waals surface area (Å²) < 4.78 is 26.2. The SMILES string of the molecule is O=C(CCl)N1CCN(S(=O)(=O)c2ccc(Cl)cc2)CC1. The number of alkyl halides is 1. The van der Waals surface area contributed by atoms with E-state index in [0.29, 0.717) is 18.1 Å². The molecular formula is C12H14Cl2N2O3S. The van der Waals surface area contributed by atoms with Crippen LogP contribution in [-0.2, 0) is 14.8 Å². The van der Waals surface area contributed by atoms with Crippen molar-refractivity contribution in [2.75, 3.05) is 32.1 Å². The zero-order chi connectivity index (χ0) is 14.8. The highest BCUT2D eigenvalue weighted by Gasteiger charge is 2.29. The lowest BCUT2D eigenvalue weighted by Gasteiger charge is -2.33. The molecule has 0 bridgehead atoms. The Kier molecular flexibility index (Phi) is 4.90. The molecule has 20 heavy (non-hydrogen) atoms. The first kappa shape index (κ1) is 15.6. The molecule has 1 saturated heterocycles. The van der Waals surface area contributed by atoms with Crippen molar-refractivity contribution >= 4 is 39.1 Å². The summed E-state index contributed by atoms with van der Waals surface area (Å²) in [5.41, 5.74) is 0. The van der Waals surface area contributed by atoms with Crippen molar-refractivity contribution in [3.63, 3.8) is 0 Å². The van der Waals surface area contributed by atoms with E-state index in [-0.39, 0.29) is 29.8 Å². The first-order valence-electron chi connectivity index (χ1n) is 6.04. The summed E-state index contributed by atoms with van der Waals surface area (Å²) in [7, 11) is -3.53. The van der Waals surface area contributed by atoms with Crippen molar-refractivity contribution in [2.45, 2.75) is 4.90 Å². The maximum Gasteiger partial charge on any atom is 0.243 e. The normalized spacial score (nSPS) is 17.2. The largest absolute Gasteiger partial charge is 0.339 e. The topological polar surface area (TPSA) is 57.7 Å². The standard InChI is InChI=1S/C12H14Cl2N2O3S/c13-9-12(17)15-5-7-16(8-6-15)20(18,19)11-3-1-10(14)2-4-11/h1-4H,5-9H2. The van der Waals surface area contributed by atoms with E-state index in [1.54, 1.807) is 17.0 Å². The molecule has 1 aromatic carbocycles. The van der Waals surface area contributed by atoms with Gasteiger partial charge in [0, 0.05) is 31.2 Å². The smallest absolute Gasteiger partial charge is 0.243 e. The molecular weight excluding hydrogens is 323 g/mol. The number of benzene rings is 1. The number of sulfonamides is 1. The molecule has 0 unspecified atom stereocenters. The van der Waals surface area contributed by atoms with Gasteiger partial charge in [-0.05, 0) is 24.3 Å². The van der Waals surface area contributed by atoms with Gasteiger partial charge in [0.2, 0.25) is 15.9 Å². The molecule has 2 rings (SSSR count). The molecule has 0 saturated carbocycles. The number of amides is 1. The molecule has 0 aliphatic carbocycles. The predicted octanol–water partition coefficient (Wildman–Crippen LogP) is 1.41. The fraction of sp³-hybridized carbons (Fsp3) is 0.417. The van der Waals surface area contributed by atoms with Crippen LogP contribution in [0.3, 0.4) is 0 Å². The van der Waals surface area contributed by atoms with Gasteiger partial charge < -0.3 is 4.90 Å². The predicted molar refractivity (Wildman–Crippen MR) is 77.5 cm³/mol. The summed E-state index contributed by atoms with van der Waals surface area (Å²) in [5, 5.41) is 0.487. The minimum absolute atomic E-state index is 0.0794. The molecule has 0 N–H and O–H groups in total. The van der Waals surface area contributed by atoms with Crippen LogP contribution in [0.4, 0.5) is 0 Å². The van der Waals surface area contributed by atoms with Crippen molar-refractivity contribution in [2.24, 2.45) is 0 Å². The van der Waals surface area contributed by atoms with Gasteiger partial charge in [-0.1, -0.05) is 11.6 Å². The molecule has 1 aliphatic rings. The summed E-state index contributed by atoms with van der Waals surface area (Å²) in [6.45, 7) is 1.26. The molecule has 1 aliphatic heterocycles. The Labute approximate surface area is 128 Å². The van der Waals surface area contributed by atoms with Crippen molar-refractivity contribution in [1.29, 1.82) is 0 Å². The second kappa shape index (κ2) is 6.30. The number of carbonyl (C=O) groups is 1. The second-order valence-electron chi connectivity index (χ2n) is 4.37. The van der Waals surface area contributed by atoms with Gasteiger partial charge in [0.25, 0.3) is 0 Å². The van der Waals surface area contributed by atoms with Crippen LogP contribution in [0.2, 0.25) is 5.02 Å². The lowest BCUT2D eigenvalue weighted by Crippen LogP contribution is -2.50. The van der Waals surface area contributed by atoms with E-state index < -0.39 is 10.0 Å². The van der Waals surface area contributed by atoms with Crippen molar-refractivity contribution < 1.29 is 13.2 Å². The average molecular weight is 337 g/mol. The van der Waals surface area contributed by atoms with Gasteiger partial charge in [-0.15, -0.1) is 11.6 Å². The van der Waals surface area contributed by atoms with Crippen LogP contribution < -0.4 is 0 Å². The van der Waals surface area contributed by atoms with Crippen molar-refractivity contribution in [3.05, 3.63) is 29.3 Å². The molecule has 1 amide bonds. The fourth-order valence-corrected chi connectivity index (χ4v) is 3.74. The Morgan fingerprint density at radius 3 is 2.15 bits per heavy atom. The third kappa shape index (κ3) is 3.25. The summed E-state index contributed by atoms with van der Waals surface area (Å²) in [5.74, 6) is -0.251. The van der Waals surface area contributed by atoms with E-state index in [0.717, 1.165) is 0 Å². The Morgan fingerprint density at radius 1 is 1.10 bits per heavy atom. The van der Waals surface area contributed by atoms with E-state index in [1.807, 2.05) is 0 Å². The maximum atomic E-state index is 12.4. The molecule has 0 atom stereocenters. The fourth-order valence-electron chi connectivity index (χ4n) is 2.02. The number of piperazine rings is 1. The average Bonchev–Trinajstić information content (AvgIpc) is 2.47. The van der Waals surface area contributed by atoms with E-state index in [2.05, 4.69) is 0 Å². The molecule has 1 aromatic rings. The zero-order valence-corrected chi connectivity index (χ0v) is 13.0. The van der Waals surface area contributed by atoms with Crippen LogP contribution in [-0.4, -0.2) is 55.6 Å². The highest BCUT2D eigenvalue weighted by molar-refractivity contribution is 7.89. The number of hydrogen-bond donors (Lipinski definition) is 0. The molecule has 0 aromatic heterocycles. The van der Waals surface area contributed by atoms with Gasteiger partial charge in [0.05, 0.1) is 4.90 Å². The Balaban J connectivity index is 2.09. The number of rotatable bonds is 3. The number of nitrogens with zero attached hydrogens (tertiary/aromatic N) is 2. The summed E-state index contributed by atoms with van der Waals surface area (Å²) in [6, 6.07) is 6.05. The van der Waals surface area contributed by atoms with Crippen molar-refractivity contribution in [1.82, 2.24) is 9.21 Å². The first-order valence-corrected chi connectivity index (χ1v) is 8.40. The molecule has 0 spiro atoms. The number of halogens is 2. The molecule has 1 fully saturated rings. The van der Waals surface area contributed by atoms with Crippen LogP contribution in [0.15, 0.2) is 29.2 Å². The highest BCUT2D eigenvalue weighted by Crippen LogP contribution is 2.19. The number of carbonyl (C=O) groups excluding carboxylic acids is 1. The van der Waals surface area contributed by atoms with E-state index in [1.165, 1.54) is 16.4 Å². The summed E-state index contributed by atoms with van der Waals surface area (Å²) >= 11 is 11.2. The van der Waals surface area contributed by atoms with Gasteiger partial charge in [-0.3, -0.25) is 4.79 Å². The van der Waals surface area contributed by atoms with Crippen LogP contribution in [0.25, 0.3) is 0 Å². The Bertz CT molecular complexity index is 581. The van der Waals surface area contributed by atoms with Crippen LogP contribution >= 0.6 is 23.2 Å². The quantitative estimate of drug-likeness (QED) is 0.784. The Morgan fingerprint density at radius 2 is 1.65 bits per heavy atom. The third-order valence-electron chi connectivity index (χ3n) is 3.16. The van der Waals surface area contributed by atoms with Crippen LogP contribution in [0, 0.1) is 0 Å². The molecule has 0 radical (unpaired) electrons. The minimum atomic E-state index is -3.53. The van der Waals surface area contributed by atoms with Gasteiger partial charge >= 0.3 is 0 Å². The second-order valence-corrected chi connectivity index (χ2v) is 7.01. The van der Waals surface area contributed by atoms with Gasteiger partial charge in [-0.25, -0.2) is 8.42 Å². The van der Waals surface area contributed by atoms with Crippen molar-refractivity contribution in [3.8, 4) is 0 Å². The molecule has 5 nitrogen and oxygen atoms in total. The lowest BCUT2D eigenvalue weighted by atomic mass is 10.3. The van der Waals surface area contributed by atoms with E-state index in [4.69, 9.17) is 23.2 Å². The molecule has 1 heterocycles. The van der Waals surface area contributed by atoms with Crippen LogP contribution in [0.5, 0.6) is 0 Å². The van der Waals surface area contributed by atoms with E-state index >= 15 is 0 Å². The number of hydrogen-bond acceptors (Lipinski definition) is 3. The summed E-state index contributed by atoms with van der Waals surface area (Å²) in [6.07, 6.45) is 0. The minimum Gasteiger partial charge on any atom is -0.339 e. The van der Waals surface area contributed by atoms with E-state index in [9.17, 15) is 13.2 Å².